The van der Waals surface area contributed by atoms with Crippen LogP contribution in [0.3, 0.4) is 0 Å². The minimum Gasteiger partial charge on any atom is -0.350 e. The molecular weight excluding hydrogens is 602 g/mol. The van der Waals surface area contributed by atoms with E-state index in [0.717, 1.165) is 36.3 Å². The van der Waals surface area contributed by atoms with Crippen molar-refractivity contribution in [3.8, 4) is 0 Å². The molecule has 48 heavy (non-hydrogen) atoms. The second kappa shape index (κ2) is 19.0. The van der Waals surface area contributed by atoms with Crippen LogP contribution in [0.15, 0.2) is 91.0 Å². The predicted molar refractivity (Wildman–Crippen MR) is 191 cm³/mol. The molecule has 6 N–H and O–H groups in total. The number of rotatable bonds is 12. The number of benzene rings is 3. The Balaban J connectivity index is 1.64. The molecule has 4 rings (SSSR count). The summed E-state index contributed by atoms with van der Waals surface area (Å²) in [6, 6.07) is 28.8. The zero-order valence-electron chi connectivity index (χ0n) is 28.6. The summed E-state index contributed by atoms with van der Waals surface area (Å²) in [5.74, 6) is -0.530. The highest BCUT2D eigenvalue weighted by molar-refractivity contribution is 5.83. The molecule has 0 radical (unpaired) electrons. The van der Waals surface area contributed by atoms with Crippen molar-refractivity contribution in [2.45, 2.75) is 57.3 Å². The molecule has 1 heterocycles. The lowest BCUT2D eigenvalue weighted by atomic mass is 9.86. The number of carbonyl (C=O) groups excluding carboxylic acids is 3. The maximum Gasteiger partial charge on any atom is 0.234 e. The SMILES string of the molecule is CC(NC(=O)CN1CCNCCNCCNCC1(CC(=O)NC(C)c1ccccc1)CC(=O)NC(C)c1ccccc1)c1ccccc1. The summed E-state index contributed by atoms with van der Waals surface area (Å²) in [6.45, 7) is 10.3. The molecule has 258 valence electrons. The van der Waals surface area contributed by atoms with Gasteiger partial charge in [0.1, 0.15) is 0 Å². The summed E-state index contributed by atoms with van der Waals surface area (Å²) in [5.41, 5.74) is 1.99. The van der Waals surface area contributed by atoms with Gasteiger partial charge in [-0.3, -0.25) is 19.3 Å². The molecule has 3 aromatic rings. The minimum atomic E-state index is -1.00. The highest BCUT2D eigenvalue weighted by atomic mass is 16.2. The molecule has 1 fully saturated rings. The Labute approximate surface area is 285 Å². The second-order valence-electron chi connectivity index (χ2n) is 12.8. The molecule has 3 unspecified atom stereocenters. The van der Waals surface area contributed by atoms with Crippen molar-refractivity contribution >= 4 is 17.7 Å². The molecule has 0 aliphatic carbocycles. The fraction of sp³-hybridized carbons (Fsp3) is 0.447. The van der Waals surface area contributed by atoms with Crippen molar-refractivity contribution in [1.29, 1.82) is 0 Å². The molecule has 1 saturated heterocycles. The van der Waals surface area contributed by atoms with Gasteiger partial charge in [-0.25, -0.2) is 0 Å². The maximum absolute atomic E-state index is 14.0. The number of nitrogens with one attached hydrogen (secondary N) is 6. The van der Waals surface area contributed by atoms with Crippen LogP contribution in [0.1, 0.15) is 68.4 Å². The van der Waals surface area contributed by atoms with Crippen molar-refractivity contribution < 1.29 is 14.4 Å². The largest absolute Gasteiger partial charge is 0.350 e. The fourth-order valence-corrected chi connectivity index (χ4v) is 6.26. The van der Waals surface area contributed by atoms with Gasteiger partial charge in [0.25, 0.3) is 0 Å². The van der Waals surface area contributed by atoms with E-state index in [1.165, 1.54) is 0 Å². The summed E-state index contributed by atoms with van der Waals surface area (Å²) in [5, 5.41) is 19.9. The normalized spacial score (nSPS) is 19.8. The number of hydrogen-bond acceptors (Lipinski definition) is 7. The van der Waals surface area contributed by atoms with Crippen LogP contribution in [0.2, 0.25) is 0 Å². The van der Waals surface area contributed by atoms with Crippen molar-refractivity contribution in [3.63, 3.8) is 0 Å². The molecule has 3 amide bonds. The topological polar surface area (TPSA) is 127 Å². The zero-order valence-corrected chi connectivity index (χ0v) is 28.6. The van der Waals surface area contributed by atoms with Gasteiger partial charge in [-0.05, 0) is 37.5 Å². The Morgan fingerprint density at radius 3 is 1.40 bits per heavy atom. The molecule has 3 atom stereocenters. The molecule has 0 saturated carbocycles. The van der Waals surface area contributed by atoms with Crippen LogP contribution in [0.25, 0.3) is 0 Å². The summed E-state index contributed by atoms with van der Waals surface area (Å²) in [6.07, 6.45) is 0.0541. The predicted octanol–water partition coefficient (Wildman–Crippen LogP) is 3.22. The molecule has 0 aromatic heterocycles. The van der Waals surface area contributed by atoms with Crippen molar-refractivity contribution in [2.24, 2.45) is 0 Å². The number of carbonyl (C=O) groups is 3. The zero-order chi connectivity index (χ0) is 34.2. The van der Waals surface area contributed by atoms with E-state index in [9.17, 15) is 14.4 Å². The van der Waals surface area contributed by atoms with Gasteiger partial charge in [-0.2, -0.15) is 0 Å². The van der Waals surface area contributed by atoms with Gasteiger partial charge in [0.2, 0.25) is 17.7 Å². The Kier molecular flexibility index (Phi) is 14.6. The van der Waals surface area contributed by atoms with E-state index in [1.54, 1.807) is 0 Å². The van der Waals surface area contributed by atoms with Gasteiger partial charge in [-0.1, -0.05) is 91.0 Å². The van der Waals surface area contributed by atoms with Gasteiger partial charge in [0.05, 0.1) is 30.2 Å². The van der Waals surface area contributed by atoms with Crippen LogP contribution in [0, 0.1) is 0 Å². The van der Waals surface area contributed by atoms with Gasteiger partial charge < -0.3 is 31.9 Å². The highest BCUT2D eigenvalue weighted by Gasteiger charge is 2.42. The average Bonchev–Trinajstić information content (AvgIpc) is 3.08. The Bertz CT molecular complexity index is 1350. The molecule has 1 aliphatic rings. The van der Waals surface area contributed by atoms with E-state index >= 15 is 0 Å². The van der Waals surface area contributed by atoms with Crippen molar-refractivity contribution in [3.05, 3.63) is 108 Å². The summed E-state index contributed by atoms with van der Waals surface area (Å²) in [7, 11) is 0. The van der Waals surface area contributed by atoms with Gasteiger partial charge in [-0.15, -0.1) is 0 Å². The summed E-state index contributed by atoms with van der Waals surface area (Å²) < 4.78 is 0. The fourth-order valence-electron chi connectivity index (χ4n) is 6.26. The lowest BCUT2D eigenvalue weighted by Gasteiger charge is -2.44. The Morgan fingerprint density at radius 1 is 0.583 bits per heavy atom. The van der Waals surface area contributed by atoms with E-state index in [2.05, 4.69) is 31.9 Å². The second-order valence-corrected chi connectivity index (χ2v) is 12.8. The van der Waals surface area contributed by atoms with Crippen molar-refractivity contribution in [1.82, 2.24) is 36.8 Å². The number of nitrogens with zero attached hydrogens (tertiary/aromatic N) is 1. The molecule has 10 nitrogen and oxygen atoms in total. The van der Waals surface area contributed by atoms with Gasteiger partial charge in [0.15, 0.2) is 0 Å². The maximum atomic E-state index is 14.0. The van der Waals surface area contributed by atoms with E-state index in [1.807, 2.05) is 117 Å². The van der Waals surface area contributed by atoms with E-state index in [4.69, 9.17) is 0 Å². The Morgan fingerprint density at radius 2 is 0.958 bits per heavy atom. The van der Waals surface area contributed by atoms with Gasteiger partial charge in [0, 0.05) is 58.7 Å². The van der Waals surface area contributed by atoms with Crippen LogP contribution in [-0.2, 0) is 14.4 Å². The van der Waals surface area contributed by atoms with Crippen LogP contribution < -0.4 is 31.9 Å². The lowest BCUT2D eigenvalue weighted by molar-refractivity contribution is -0.133. The average molecular weight is 656 g/mol. The van der Waals surface area contributed by atoms with E-state index in [0.29, 0.717) is 26.2 Å². The summed E-state index contributed by atoms with van der Waals surface area (Å²) >= 11 is 0. The van der Waals surface area contributed by atoms with E-state index < -0.39 is 5.54 Å². The first kappa shape index (κ1) is 36.7. The first-order valence-electron chi connectivity index (χ1n) is 17.2. The number of hydrogen-bond donors (Lipinski definition) is 6. The van der Waals surface area contributed by atoms with Crippen molar-refractivity contribution in [2.75, 3.05) is 52.4 Å². The third-order valence-corrected chi connectivity index (χ3v) is 8.99. The monoisotopic (exact) mass is 655 g/mol. The number of amides is 3. The third-order valence-electron chi connectivity index (χ3n) is 8.99. The van der Waals surface area contributed by atoms with Crippen LogP contribution in [0.5, 0.6) is 0 Å². The first-order chi connectivity index (χ1) is 23.3. The molecule has 1 aliphatic heterocycles. The quantitative estimate of drug-likeness (QED) is 0.177. The molecule has 10 heteroatoms. The standard InChI is InChI=1S/C38H53N7O3/c1-29(32-13-7-4-8-14-32)42-35(46)25-38(26-36(47)43-30(2)33-15-9-5-10-16-33)28-41-22-21-39-19-20-40-23-24-45(38)27-37(48)44-31(3)34-17-11-6-12-18-34/h4-18,29-31,39-41H,19-28H2,1-3H3,(H,42,46)(H,43,47)(H,44,48). The van der Waals surface area contributed by atoms with Crippen LogP contribution >= 0.6 is 0 Å². The molecule has 3 aromatic carbocycles. The smallest absolute Gasteiger partial charge is 0.234 e. The molecule has 0 spiro atoms. The first-order valence-corrected chi connectivity index (χ1v) is 17.2. The Hall–Kier alpha value is -4.09. The van der Waals surface area contributed by atoms with E-state index in [-0.39, 0.29) is 55.2 Å². The third kappa shape index (κ3) is 11.6. The molecular formula is C38H53N7O3. The van der Waals surface area contributed by atoms with Gasteiger partial charge >= 0.3 is 0 Å². The molecule has 0 bridgehead atoms. The highest BCUT2D eigenvalue weighted by Crippen LogP contribution is 2.27. The minimum absolute atomic E-state index is 0.0270. The lowest BCUT2D eigenvalue weighted by Crippen LogP contribution is -2.62. The van der Waals surface area contributed by atoms with Crippen LogP contribution in [0.4, 0.5) is 0 Å². The van der Waals surface area contributed by atoms with Crippen LogP contribution in [-0.4, -0.2) is 80.5 Å². The summed E-state index contributed by atoms with van der Waals surface area (Å²) in [4.78, 5) is 43.7.